The van der Waals surface area contributed by atoms with Crippen molar-refractivity contribution < 1.29 is 14.2 Å². The first-order valence-electron chi connectivity index (χ1n) is 10.8. The lowest BCUT2D eigenvalue weighted by Crippen LogP contribution is -2.24. The number of nitrogens with zero attached hydrogens (tertiary/aromatic N) is 7. The molecule has 12 heteroatoms. The zero-order valence-electron chi connectivity index (χ0n) is 19.5. The number of hydrogen-bond donors (Lipinski definition) is 2. The molecule has 3 N–H and O–H groups in total. The summed E-state index contributed by atoms with van der Waals surface area (Å²) >= 11 is 0. The summed E-state index contributed by atoms with van der Waals surface area (Å²) in [7, 11) is 1.88. The fraction of sp³-hybridized carbons (Fsp3) is 0.217. The Hall–Kier alpha value is -4.74. The first-order valence-corrected chi connectivity index (χ1v) is 10.8. The number of nitrogen functional groups attached to an aromatic ring is 1. The van der Waals surface area contributed by atoms with Crippen LogP contribution in [0.25, 0.3) is 5.82 Å². The zero-order chi connectivity index (χ0) is 24.8. The molecule has 0 aliphatic rings. The highest BCUT2D eigenvalue weighted by atomic mass is 16.6. The van der Waals surface area contributed by atoms with Crippen molar-refractivity contribution in [3.63, 3.8) is 0 Å². The van der Waals surface area contributed by atoms with Crippen LogP contribution in [0.1, 0.15) is 35.6 Å². The Labute approximate surface area is 201 Å². The normalized spacial score (nSPS) is 11.2. The molecule has 2 aromatic heterocycles. The molecule has 1 amide bonds. The number of aromatic nitrogens is 5. The molecule has 180 valence electrons. The van der Waals surface area contributed by atoms with Crippen LogP contribution in [-0.4, -0.2) is 50.6 Å². The van der Waals surface area contributed by atoms with Gasteiger partial charge >= 0.3 is 0 Å². The van der Waals surface area contributed by atoms with Crippen molar-refractivity contribution in [2.45, 2.75) is 26.5 Å². The van der Waals surface area contributed by atoms with Gasteiger partial charge in [0.05, 0.1) is 24.6 Å². The van der Waals surface area contributed by atoms with E-state index in [2.05, 4.69) is 31.2 Å². The van der Waals surface area contributed by atoms with Crippen LogP contribution in [0.15, 0.2) is 64.3 Å². The molecule has 0 aliphatic carbocycles. The minimum Gasteiger partial charge on any atom is -0.491 e. The molecule has 0 saturated carbocycles. The molecular formula is C23H25N9O3. The lowest BCUT2D eigenvalue weighted by Gasteiger charge is -2.19. The van der Waals surface area contributed by atoms with Gasteiger partial charge in [-0.25, -0.2) is 10.1 Å². The molecule has 0 radical (unpaired) electrons. The van der Waals surface area contributed by atoms with Crippen LogP contribution in [0, 0.1) is 0 Å². The first kappa shape index (κ1) is 23.4. The van der Waals surface area contributed by atoms with E-state index in [9.17, 15) is 4.79 Å². The minimum atomic E-state index is -0.543. The maximum absolute atomic E-state index is 12.9. The molecule has 4 aromatic rings. The van der Waals surface area contributed by atoms with Gasteiger partial charge in [0, 0.05) is 12.7 Å². The van der Waals surface area contributed by atoms with E-state index in [0.29, 0.717) is 5.69 Å². The van der Waals surface area contributed by atoms with Crippen molar-refractivity contribution >= 4 is 23.6 Å². The van der Waals surface area contributed by atoms with Crippen molar-refractivity contribution in [2.24, 2.45) is 5.10 Å². The SMILES string of the molecule is CC(C)Oc1ccc(/C=N\NC(=O)c2nnn(-c3nonc3N)c2CN(C)c2ccccc2)cc1. The third-order valence-electron chi connectivity index (χ3n) is 4.89. The Balaban J connectivity index is 1.54. The van der Waals surface area contributed by atoms with Gasteiger partial charge in [-0.05, 0) is 66.1 Å². The van der Waals surface area contributed by atoms with E-state index in [1.54, 1.807) is 0 Å². The van der Waals surface area contributed by atoms with Gasteiger partial charge in [0.1, 0.15) is 5.75 Å². The Kier molecular flexibility index (Phi) is 7.00. The van der Waals surface area contributed by atoms with Crippen molar-refractivity contribution in [3.05, 3.63) is 71.5 Å². The van der Waals surface area contributed by atoms with Gasteiger partial charge in [-0.15, -0.1) is 5.10 Å². The number of carbonyl (C=O) groups is 1. The summed E-state index contributed by atoms with van der Waals surface area (Å²) in [5.74, 6) is 0.374. The van der Waals surface area contributed by atoms with Gasteiger partial charge in [0.15, 0.2) is 5.69 Å². The second kappa shape index (κ2) is 10.5. The molecule has 0 fully saturated rings. The lowest BCUT2D eigenvalue weighted by molar-refractivity contribution is 0.0949. The molecule has 0 aliphatic heterocycles. The fourth-order valence-corrected chi connectivity index (χ4v) is 3.25. The van der Waals surface area contributed by atoms with Crippen molar-refractivity contribution in [2.75, 3.05) is 17.7 Å². The predicted molar refractivity (Wildman–Crippen MR) is 129 cm³/mol. The quantitative estimate of drug-likeness (QED) is 0.275. The minimum absolute atomic E-state index is 0.0217. The molecule has 2 heterocycles. The number of para-hydroxylation sites is 1. The van der Waals surface area contributed by atoms with Crippen LogP contribution in [0.2, 0.25) is 0 Å². The van der Waals surface area contributed by atoms with Crippen LogP contribution in [-0.2, 0) is 6.54 Å². The molecule has 4 rings (SSSR count). The predicted octanol–water partition coefficient (Wildman–Crippen LogP) is 2.42. The number of carbonyl (C=O) groups excluding carboxylic acids is 1. The molecule has 2 aromatic carbocycles. The molecule has 0 unspecified atom stereocenters. The number of hydrazone groups is 1. The Morgan fingerprint density at radius 1 is 1.20 bits per heavy atom. The summed E-state index contributed by atoms with van der Waals surface area (Å²) in [4.78, 5) is 14.9. The van der Waals surface area contributed by atoms with Crippen molar-refractivity contribution in [3.8, 4) is 11.6 Å². The average molecular weight is 476 g/mol. The number of ether oxygens (including phenoxy) is 1. The number of amides is 1. The summed E-state index contributed by atoms with van der Waals surface area (Å²) in [5, 5.41) is 19.5. The van der Waals surface area contributed by atoms with E-state index >= 15 is 0 Å². The number of nitrogens with two attached hydrogens (primary N) is 1. The van der Waals surface area contributed by atoms with Gasteiger partial charge in [0.2, 0.25) is 11.6 Å². The summed E-state index contributed by atoms with van der Waals surface area (Å²) < 4.78 is 11.7. The number of nitrogens with one attached hydrogen (secondary N) is 1. The van der Waals surface area contributed by atoms with E-state index in [1.807, 2.05) is 80.4 Å². The third kappa shape index (κ3) is 5.61. The van der Waals surface area contributed by atoms with Crippen LogP contribution in [0.5, 0.6) is 5.75 Å². The van der Waals surface area contributed by atoms with Gasteiger partial charge in [-0.3, -0.25) is 4.79 Å². The standard InChI is InChI=1S/C23H25N9O3/c1-15(2)34-18-11-9-16(10-12-18)13-25-27-23(33)20-19(14-31(3)17-7-5-4-6-8-17)32(30-26-20)22-21(24)28-35-29-22/h4-13,15H,14H2,1-3H3,(H2,24,28)(H,27,33)/b25-13-. The molecule has 0 bridgehead atoms. The number of benzene rings is 2. The second-order valence-corrected chi connectivity index (χ2v) is 7.90. The highest BCUT2D eigenvalue weighted by Gasteiger charge is 2.25. The van der Waals surface area contributed by atoms with Gasteiger partial charge in [0.25, 0.3) is 5.91 Å². The number of hydrogen-bond acceptors (Lipinski definition) is 10. The Morgan fingerprint density at radius 2 is 1.94 bits per heavy atom. The molecule has 12 nitrogen and oxygen atoms in total. The van der Waals surface area contributed by atoms with Gasteiger partial charge in [-0.1, -0.05) is 23.4 Å². The summed E-state index contributed by atoms with van der Waals surface area (Å²) in [6.07, 6.45) is 1.61. The second-order valence-electron chi connectivity index (χ2n) is 7.90. The van der Waals surface area contributed by atoms with Crippen molar-refractivity contribution in [1.29, 1.82) is 0 Å². The summed E-state index contributed by atoms with van der Waals surface area (Å²) in [6.45, 7) is 4.19. The summed E-state index contributed by atoms with van der Waals surface area (Å²) in [6, 6.07) is 17.0. The first-order chi connectivity index (χ1) is 16.9. The lowest BCUT2D eigenvalue weighted by atomic mass is 10.2. The van der Waals surface area contributed by atoms with E-state index in [4.69, 9.17) is 15.1 Å². The van der Waals surface area contributed by atoms with Gasteiger partial charge in [-0.2, -0.15) is 9.78 Å². The molecule has 35 heavy (non-hydrogen) atoms. The third-order valence-corrected chi connectivity index (χ3v) is 4.89. The Morgan fingerprint density at radius 3 is 2.60 bits per heavy atom. The van der Waals surface area contributed by atoms with Crippen LogP contribution >= 0.6 is 0 Å². The van der Waals surface area contributed by atoms with E-state index in [1.165, 1.54) is 10.9 Å². The highest BCUT2D eigenvalue weighted by Crippen LogP contribution is 2.20. The van der Waals surface area contributed by atoms with Crippen LogP contribution < -0.4 is 20.8 Å². The number of anilines is 2. The molecule has 0 atom stereocenters. The van der Waals surface area contributed by atoms with Crippen molar-refractivity contribution in [1.82, 2.24) is 30.7 Å². The highest BCUT2D eigenvalue weighted by molar-refractivity contribution is 5.94. The number of rotatable bonds is 9. The van der Waals surface area contributed by atoms with Gasteiger partial charge < -0.3 is 15.4 Å². The molecule has 0 spiro atoms. The topological polar surface area (TPSA) is 150 Å². The Bertz CT molecular complexity index is 1300. The van der Waals surface area contributed by atoms with Crippen LogP contribution in [0.4, 0.5) is 11.5 Å². The monoisotopic (exact) mass is 475 g/mol. The maximum atomic E-state index is 12.9. The molecule has 0 saturated heterocycles. The maximum Gasteiger partial charge on any atom is 0.293 e. The van der Waals surface area contributed by atoms with E-state index in [0.717, 1.165) is 17.0 Å². The average Bonchev–Trinajstić information content (AvgIpc) is 3.46. The fourth-order valence-electron chi connectivity index (χ4n) is 3.25. The smallest absolute Gasteiger partial charge is 0.293 e. The summed E-state index contributed by atoms with van der Waals surface area (Å²) in [5.41, 5.74) is 10.6. The van der Waals surface area contributed by atoms with E-state index < -0.39 is 5.91 Å². The largest absolute Gasteiger partial charge is 0.491 e. The molecular weight excluding hydrogens is 450 g/mol. The zero-order valence-corrected chi connectivity index (χ0v) is 19.5. The van der Waals surface area contributed by atoms with Crippen LogP contribution in [0.3, 0.4) is 0 Å². The van der Waals surface area contributed by atoms with E-state index in [-0.39, 0.29) is 30.0 Å².